The first-order valence-corrected chi connectivity index (χ1v) is 10.4. The highest BCUT2D eigenvalue weighted by atomic mass is 32.2. The highest BCUT2D eigenvalue weighted by molar-refractivity contribution is 7.86. The van der Waals surface area contributed by atoms with Crippen LogP contribution in [0.4, 0.5) is 11.6 Å². The van der Waals surface area contributed by atoms with Crippen molar-refractivity contribution in [3.63, 3.8) is 0 Å². The number of aryl methyl sites for hydroxylation is 1. The number of hydrogen-bond donors (Lipinski definition) is 3. The number of nitrogens with one attached hydrogen (secondary N) is 2. The fraction of sp³-hybridized carbons (Fsp3) is 0.0476. The molecule has 4 aromatic rings. The number of nitrogens with zero attached hydrogens (tertiary/aromatic N) is 4. The van der Waals surface area contributed by atoms with Gasteiger partial charge in [-0.25, -0.2) is 14.2 Å². The summed E-state index contributed by atoms with van der Waals surface area (Å²) in [7, 11) is 0.114. The number of amides is 1. The van der Waals surface area contributed by atoms with E-state index >= 15 is 0 Å². The lowest BCUT2D eigenvalue weighted by Crippen LogP contribution is -2.16. The summed E-state index contributed by atoms with van der Waals surface area (Å²) in [6.07, 6.45) is 3.10. The predicted octanol–water partition coefficient (Wildman–Crippen LogP) is 2.97. The summed E-state index contributed by atoms with van der Waals surface area (Å²) in [6.45, 7) is 0. The van der Waals surface area contributed by atoms with Crippen LogP contribution in [0, 0.1) is 0 Å². The van der Waals surface area contributed by atoms with Crippen LogP contribution >= 0.6 is 0 Å². The first-order valence-electron chi connectivity index (χ1n) is 9.20. The summed E-state index contributed by atoms with van der Waals surface area (Å²) in [5, 5.41) is 17.1. The molecule has 156 valence electrons. The molecule has 1 atom stereocenters. The number of aromatic nitrogens is 4. The zero-order chi connectivity index (χ0) is 21.8. The van der Waals surface area contributed by atoms with Crippen molar-refractivity contribution in [3.8, 4) is 17.0 Å². The van der Waals surface area contributed by atoms with Gasteiger partial charge in [-0.05, 0) is 48.5 Å². The molecule has 31 heavy (non-hydrogen) atoms. The van der Waals surface area contributed by atoms with Gasteiger partial charge in [0.15, 0.2) is 11.0 Å². The topological polar surface area (TPSA) is 122 Å². The van der Waals surface area contributed by atoms with E-state index in [1.807, 2.05) is 0 Å². The average molecular weight is 434 g/mol. The summed E-state index contributed by atoms with van der Waals surface area (Å²) in [5.74, 6) is -0.0123. The SMILES string of the molecule is Cn1nc(-c2ccccc2O)cc1C(=O)Nc1ccc(S(=O)Nc2ncccn2)cc1. The molecule has 0 radical (unpaired) electrons. The van der Waals surface area contributed by atoms with Crippen molar-refractivity contribution in [2.45, 2.75) is 4.90 Å². The summed E-state index contributed by atoms with van der Waals surface area (Å²) in [6, 6.07) is 16.6. The number of rotatable bonds is 6. The number of aromatic hydroxyl groups is 1. The van der Waals surface area contributed by atoms with Gasteiger partial charge in [0.05, 0.1) is 10.6 Å². The van der Waals surface area contributed by atoms with Crippen molar-refractivity contribution >= 4 is 28.5 Å². The molecule has 4 rings (SSSR count). The van der Waals surface area contributed by atoms with E-state index in [1.165, 1.54) is 4.68 Å². The molecule has 0 aliphatic carbocycles. The van der Waals surface area contributed by atoms with Gasteiger partial charge in [-0.15, -0.1) is 0 Å². The monoisotopic (exact) mass is 434 g/mol. The number of phenols is 1. The maximum Gasteiger partial charge on any atom is 0.273 e. The van der Waals surface area contributed by atoms with Crippen LogP contribution in [0.25, 0.3) is 11.3 Å². The third-order valence-electron chi connectivity index (χ3n) is 4.37. The van der Waals surface area contributed by atoms with Crippen LogP contribution in [0.2, 0.25) is 0 Å². The molecule has 0 bridgehead atoms. The fourth-order valence-corrected chi connectivity index (χ4v) is 3.62. The fourth-order valence-electron chi connectivity index (χ4n) is 2.85. The lowest BCUT2D eigenvalue weighted by Gasteiger charge is -2.07. The van der Waals surface area contributed by atoms with Crippen molar-refractivity contribution in [2.75, 3.05) is 10.0 Å². The van der Waals surface area contributed by atoms with Crippen molar-refractivity contribution in [1.29, 1.82) is 0 Å². The Kier molecular flexibility index (Phi) is 5.72. The minimum Gasteiger partial charge on any atom is -0.507 e. The Hall–Kier alpha value is -4.05. The predicted molar refractivity (Wildman–Crippen MR) is 117 cm³/mol. The zero-order valence-electron chi connectivity index (χ0n) is 16.4. The molecule has 0 fully saturated rings. The Morgan fingerprint density at radius 3 is 2.45 bits per heavy atom. The third kappa shape index (κ3) is 4.59. The van der Waals surface area contributed by atoms with Gasteiger partial charge in [-0.1, -0.05) is 12.1 Å². The highest BCUT2D eigenvalue weighted by Gasteiger charge is 2.16. The molecule has 10 heteroatoms. The normalized spacial score (nSPS) is 11.6. The summed E-state index contributed by atoms with van der Waals surface area (Å²) in [5.41, 5.74) is 1.89. The van der Waals surface area contributed by atoms with Gasteiger partial charge >= 0.3 is 0 Å². The van der Waals surface area contributed by atoms with Crippen molar-refractivity contribution in [3.05, 3.63) is 78.8 Å². The number of benzene rings is 2. The molecule has 2 aromatic carbocycles. The first-order chi connectivity index (χ1) is 15.0. The highest BCUT2D eigenvalue weighted by Crippen LogP contribution is 2.28. The van der Waals surface area contributed by atoms with E-state index in [-0.39, 0.29) is 17.6 Å². The van der Waals surface area contributed by atoms with E-state index in [0.29, 0.717) is 27.5 Å². The Bertz CT molecular complexity index is 1240. The second-order valence-corrected chi connectivity index (χ2v) is 7.69. The van der Waals surface area contributed by atoms with Gasteiger partial charge in [-0.3, -0.25) is 14.2 Å². The molecule has 1 amide bonds. The van der Waals surface area contributed by atoms with Gasteiger partial charge in [0.1, 0.15) is 11.4 Å². The van der Waals surface area contributed by atoms with Gasteiger partial charge < -0.3 is 10.4 Å². The van der Waals surface area contributed by atoms with Crippen LogP contribution in [-0.2, 0) is 18.0 Å². The average Bonchev–Trinajstić information content (AvgIpc) is 3.17. The molecule has 0 saturated carbocycles. The smallest absolute Gasteiger partial charge is 0.273 e. The number of para-hydroxylation sites is 1. The summed E-state index contributed by atoms with van der Waals surface area (Å²) >= 11 is 0. The van der Waals surface area contributed by atoms with Crippen LogP contribution in [0.15, 0.2) is 78.0 Å². The van der Waals surface area contributed by atoms with Crippen molar-refractivity contribution in [2.24, 2.45) is 7.05 Å². The van der Waals surface area contributed by atoms with Crippen LogP contribution in [0.3, 0.4) is 0 Å². The van der Waals surface area contributed by atoms with E-state index in [2.05, 4.69) is 25.1 Å². The van der Waals surface area contributed by atoms with Crippen molar-refractivity contribution < 1.29 is 14.1 Å². The maximum atomic E-state index is 12.7. The number of carbonyl (C=O) groups excluding carboxylic acids is 1. The van der Waals surface area contributed by atoms with Crippen molar-refractivity contribution in [1.82, 2.24) is 19.7 Å². The number of hydrogen-bond acceptors (Lipinski definition) is 6. The maximum absolute atomic E-state index is 12.7. The Morgan fingerprint density at radius 2 is 1.74 bits per heavy atom. The summed E-state index contributed by atoms with van der Waals surface area (Å²) in [4.78, 5) is 21.2. The zero-order valence-corrected chi connectivity index (χ0v) is 17.2. The molecule has 1 unspecified atom stereocenters. The second kappa shape index (κ2) is 8.76. The Labute approximate surface area is 180 Å². The molecule has 0 spiro atoms. The Morgan fingerprint density at radius 1 is 1.03 bits per heavy atom. The van der Waals surface area contributed by atoms with Gasteiger partial charge in [-0.2, -0.15) is 5.10 Å². The third-order valence-corrected chi connectivity index (χ3v) is 5.44. The minimum absolute atomic E-state index is 0.0886. The molecule has 3 N–H and O–H groups in total. The van der Waals surface area contributed by atoms with Crippen LogP contribution in [0.1, 0.15) is 10.5 Å². The molecule has 0 saturated heterocycles. The molecular weight excluding hydrogens is 416 g/mol. The summed E-state index contributed by atoms with van der Waals surface area (Å²) < 4.78 is 16.5. The molecule has 0 aliphatic rings. The number of phenolic OH excluding ortho intramolecular Hbond substituents is 1. The molecule has 2 aromatic heterocycles. The largest absolute Gasteiger partial charge is 0.507 e. The van der Waals surface area contributed by atoms with Crippen LogP contribution < -0.4 is 10.0 Å². The molecule has 9 nitrogen and oxygen atoms in total. The van der Waals surface area contributed by atoms with Crippen LogP contribution in [0.5, 0.6) is 5.75 Å². The van der Waals surface area contributed by atoms with Gasteiger partial charge in [0, 0.05) is 30.7 Å². The van der Waals surface area contributed by atoms with E-state index in [4.69, 9.17) is 0 Å². The van der Waals surface area contributed by atoms with Gasteiger partial charge in [0.2, 0.25) is 5.95 Å². The van der Waals surface area contributed by atoms with Gasteiger partial charge in [0.25, 0.3) is 5.91 Å². The first kappa shape index (κ1) is 20.2. The molecule has 0 aliphatic heterocycles. The molecule has 2 heterocycles. The quantitative estimate of drug-likeness (QED) is 0.429. The van der Waals surface area contributed by atoms with E-state index in [9.17, 15) is 14.1 Å². The standard InChI is InChI=1S/C21H18N6O3S/c1-27-18(13-17(25-27)16-5-2-3-6-19(16)28)20(29)24-14-7-9-15(10-8-14)31(30)26-21-22-11-4-12-23-21/h2-13,28H,1H3,(H,24,29)(H,22,23,26). The van der Waals surface area contributed by atoms with Crippen LogP contribution in [-0.4, -0.2) is 35.0 Å². The second-order valence-electron chi connectivity index (χ2n) is 6.48. The Balaban J connectivity index is 1.46. The number of anilines is 2. The number of carbonyl (C=O) groups is 1. The lowest BCUT2D eigenvalue weighted by atomic mass is 10.1. The molecular formula is C21H18N6O3S. The van der Waals surface area contributed by atoms with E-state index < -0.39 is 11.0 Å². The lowest BCUT2D eigenvalue weighted by molar-refractivity contribution is 0.101. The van der Waals surface area contributed by atoms with E-state index in [1.54, 1.807) is 80.1 Å². The minimum atomic E-state index is -1.54. The van der Waals surface area contributed by atoms with E-state index in [0.717, 1.165) is 0 Å².